The summed E-state index contributed by atoms with van der Waals surface area (Å²) in [4.78, 5) is 14.1. The SMILES string of the molecule is O=C(O)C1(c2ccc(CCN3CCOCC3)cc2)CCCC1. The number of hydrogen-bond acceptors (Lipinski definition) is 3. The second kappa shape index (κ2) is 6.80. The molecule has 1 saturated carbocycles. The number of morpholine rings is 1. The first-order chi connectivity index (χ1) is 10.7. The Labute approximate surface area is 132 Å². The lowest BCUT2D eigenvalue weighted by molar-refractivity contribution is -0.143. The van der Waals surface area contributed by atoms with Gasteiger partial charge < -0.3 is 9.84 Å². The molecule has 3 rings (SSSR count). The molecule has 1 aromatic carbocycles. The monoisotopic (exact) mass is 303 g/mol. The van der Waals surface area contributed by atoms with Crippen LogP contribution in [0.3, 0.4) is 0 Å². The predicted octanol–water partition coefficient (Wildman–Crippen LogP) is 2.46. The van der Waals surface area contributed by atoms with E-state index in [4.69, 9.17) is 4.74 Å². The van der Waals surface area contributed by atoms with Crippen molar-refractivity contribution in [2.75, 3.05) is 32.8 Å². The number of carboxylic acids is 1. The maximum atomic E-state index is 11.7. The van der Waals surface area contributed by atoms with Gasteiger partial charge in [0.15, 0.2) is 0 Å². The van der Waals surface area contributed by atoms with Crippen molar-refractivity contribution in [1.29, 1.82) is 0 Å². The van der Waals surface area contributed by atoms with Gasteiger partial charge in [-0.15, -0.1) is 0 Å². The Bertz CT molecular complexity index is 500. The topological polar surface area (TPSA) is 49.8 Å². The van der Waals surface area contributed by atoms with Crippen LogP contribution in [0.25, 0.3) is 0 Å². The van der Waals surface area contributed by atoms with E-state index in [-0.39, 0.29) is 0 Å². The van der Waals surface area contributed by atoms with Crippen molar-refractivity contribution in [2.45, 2.75) is 37.5 Å². The molecule has 2 fully saturated rings. The summed E-state index contributed by atoms with van der Waals surface area (Å²) in [6, 6.07) is 8.29. The van der Waals surface area contributed by atoms with Crippen molar-refractivity contribution < 1.29 is 14.6 Å². The number of nitrogens with zero attached hydrogens (tertiary/aromatic N) is 1. The summed E-state index contributed by atoms with van der Waals surface area (Å²) >= 11 is 0. The lowest BCUT2D eigenvalue weighted by atomic mass is 9.78. The minimum atomic E-state index is -0.661. The van der Waals surface area contributed by atoms with Gasteiger partial charge in [0, 0.05) is 19.6 Å². The summed E-state index contributed by atoms with van der Waals surface area (Å²) < 4.78 is 5.36. The van der Waals surface area contributed by atoms with Gasteiger partial charge in [-0.05, 0) is 30.4 Å². The highest BCUT2D eigenvalue weighted by Gasteiger charge is 2.42. The Morgan fingerprint density at radius 1 is 1.14 bits per heavy atom. The van der Waals surface area contributed by atoms with Crippen LogP contribution in [0.15, 0.2) is 24.3 Å². The molecule has 0 amide bonds. The molecule has 4 heteroatoms. The van der Waals surface area contributed by atoms with Crippen LogP contribution in [0.4, 0.5) is 0 Å². The summed E-state index contributed by atoms with van der Waals surface area (Å²) in [5, 5.41) is 9.64. The van der Waals surface area contributed by atoms with Crippen molar-refractivity contribution in [1.82, 2.24) is 4.90 Å². The molecular formula is C18H25NO3. The smallest absolute Gasteiger partial charge is 0.314 e. The molecule has 0 bridgehead atoms. The minimum Gasteiger partial charge on any atom is -0.481 e. The van der Waals surface area contributed by atoms with E-state index in [0.29, 0.717) is 0 Å². The highest BCUT2D eigenvalue weighted by molar-refractivity contribution is 5.81. The molecule has 22 heavy (non-hydrogen) atoms. The molecule has 1 N–H and O–H groups in total. The second-order valence-corrected chi connectivity index (χ2v) is 6.50. The van der Waals surface area contributed by atoms with Crippen molar-refractivity contribution >= 4 is 5.97 Å². The van der Waals surface area contributed by atoms with Crippen molar-refractivity contribution in [3.63, 3.8) is 0 Å². The van der Waals surface area contributed by atoms with Crippen LogP contribution >= 0.6 is 0 Å². The van der Waals surface area contributed by atoms with E-state index >= 15 is 0 Å². The highest BCUT2D eigenvalue weighted by Crippen LogP contribution is 2.41. The predicted molar refractivity (Wildman–Crippen MR) is 85.2 cm³/mol. The lowest BCUT2D eigenvalue weighted by Crippen LogP contribution is -2.37. The highest BCUT2D eigenvalue weighted by atomic mass is 16.5. The lowest BCUT2D eigenvalue weighted by Gasteiger charge is -2.27. The Kier molecular flexibility index (Phi) is 4.79. The van der Waals surface area contributed by atoms with Gasteiger partial charge >= 0.3 is 5.97 Å². The van der Waals surface area contributed by atoms with E-state index in [1.807, 2.05) is 12.1 Å². The number of carboxylic acid groups (broad SMARTS) is 1. The minimum absolute atomic E-state index is 0.636. The Balaban J connectivity index is 1.63. The zero-order valence-electron chi connectivity index (χ0n) is 13.1. The third kappa shape index (κ3) is 3.18. The first kappa shape index (κ1) is 15.5. The number of benzene rings is 1. The third-order valence-corrected chi connectivity index (χ3v) is 5.19. The molecule has 0 spiro atoms. The fraction of sp³-hybridized carbons (Fsp3) is 0.611. The maximum Gasteiger partial charge on any atom is 0.314 e. The largest absolute Gasteiger partial charge is 0.481 e. The zero-order valence-corrected chi connectivity index (χ0v) is 13.1. The van der Waals surface area contributed by atoms with Crippen LogP contribution in [0.2, 0.25) is 0 Å². The average molecular weight is 303 g/mol. The van der Waals surface area contributed by atoms with Gasteiger partial charge in [-0.1, -0.05) is 37.1 Å². The van der Waals surface area contributed by atoms with E-state index in [1.165, 1.54) is 5.56 Å². The van der Waals surface area contributed by atoms with Crippen LogP contribution in [0.1, 0.15) is 36.8 Å². The van der Waals surface area contributed by atoms with E-state index < -0.39 is 11.4 Å². The van der Waals surface area contributed by atoms with Crippen molar-refractivity contribution in [3.8, 4) is 0 Å². The molecule has 0 atom stereocenters. The number of rotatable bonds is 5. The van der Waals surface area contributed by atoms with Crippen LogP contribution in [-0.4, -0.2) is 48.8 Å². The van der Waals surface area contributed by atoms with Crippen molar-refractivity contribution in [3.05, 3.63) is 35.4 Å². The van der Waals surface area contributed by atoms with Gasteiger partial charge in [0.05, 0.1) is 18.6 Å². The number of ether oxygens (including phenoxy) is 1. The summed E-state index contributed by atoms with van der Waals surface area (Å²) in [5.74, 6) is -0.661. The van der Waals surface area contributed by atoms with Gasteiger partial charge in [-0.3, -0.25) is 9.69 Å². The number of carbonyl (C=O) groups is 1. The van der Waals surface area contributed by atoms with Crippen molar-refractivity contribution in [2.24, 2.45) is 0 Å². The number of hydrogen-bond donors (Lipinski definition) is 1. The average Bonchev–Trinajstić information content (AvgIpc) is 3.05. The molecule has 1 aliphatic carbocycles. The quantitative estimate of drug-likeness (QED) is 0.908. The molecule has 0 unspecified atom stereocenters. The fourth-order valence-electron chi connectivity index (χ4n) is 3.71. The van der Waals surface area contributed by atoms with E-state index in [9.17, 15) is 9.90 Å². The van der Waals surface area contributed by atoms with Crippen LogP contribution in [-0.2, 0) is 21.4 Å². The molecule has 1 saturated heterocycles. The molecule has 2 aliphatic rings. The molecule has 1 heterocycles. The van der Waals surface area contributed by atoms with Crippen LogP contribution in [0, 0.1) is 0 Å². The molecule has 0 radical (unpaired) electrons. The van der Waals surface area contributed by atoms with Gasteiger partial charge in [0.1, 0.15) is 0 Å². The van der Waals surface area contributed by atoms with Gasteiger partial charge in [-0.2, -0.15) is 0 Å². The van der Waals surface area contributed by atoms with Crippen LogP contribution in [0.5, 0.6) is 0 Å². The molecule has 1 aliphatic heterocycles. The summed E-state index contributed by atoms with van der Waals surface area (Å²) in [7, 11) is 0. The third-order valence-electron chi connectivity index (χ3n) is 5.19. The fourth-order valence-corrected chi connectivity index (χ4v) is 3.71. The van der Waals surface area contributed by atoms with E-state index in [2.05, 4.69) is 17.0 Å². The summed E-state index contributed by atoms with van der Waals surface area (Å²) in [6.07, 6.45) is 4.60. The van der Waals surface area contributed by atoms with E-state index in [0.717, 1.165) is 70.5 Å². The molecular weight excluding hydrogens is 278 g/mol. The normalized spacial score (nSPS) is 21.8. The summed E-state index contributed by atoms with van der Waals surface area (Å²) in [5.41, 5.74) is 1.63. The maximum absolute atomic E-state index is 11.7. The van der Waals surface area contributed by atoms with Gasteiger partial charge in [-0.25, -0.2) is 0 Å². The standard InChI is InChI=1S/C18H25NO3/c20-17(21)18(8-1-2-9-18)16-5-3-15(4-6-16)7-10-19-11-13-22-14-12-19/h3-6H,1-2,7-14H2,(H,20,21). The molecule has 120 valence electrons. The first-order valence-corrected chi connectivity index (χ1v) is 8.34. The Morgan fingerprint density at radius 2 is 1.77 bits per heavy atom. The zero-order chi connectivity index (χ0) is 15.4. The molecule has 1 aromatic rings. The van der Waals surface area contributed by atoms with Gasteiger partial charge in [0.2, 0.25) is 0 Å². The van der Waals surface area contributed by atoms with Gasteiger partial charge in [0.25, 0.3) is 0 Å². The second-order valence-electron chi connectivity index (χ2n) is 6.50. The molecule has 4 nitrogen and oxygen atoms in total. The molecule has 0 aromatic heterocycles. The Morgan fingerprint density at radius 3 is 2.36 bits per heavy atom. The summed E-state index contributed by atoms with van der Waals surface area (Å²) in [6.45, 7) is 4.74. The Hall–Kier alpha value is -1.39. The van der Waals surface area contributed by atoms with Crippen LogP contribution < -0.4 is 0 Å². The number of aliphatic carboxylic acids is 1. The van der Waals surface area contributed by atoms with E-state index in [1.54, 1.807) is 0 Å². The first-order valence-electron chi connectivity index (χ1n) is 8.34.